The van der Waals surface area contributed by atoms with Crippen molar-refractivity contribution in [2.24, 2.45) is 0 Å². The number of nitrogens with zero attached hydrogens (tertiary/aromatic N) is 1. The number of halogens is 1. The number of benzene rings is 3. The molecule has 1 heterocycles. The third kappa shape index (κ3) is 5.56. The van der Waals surface area contributed by atoms with E-state index >= 15 is 0 Å². The standard InChI is InChI=1S/C26H27FN2O4S/c1-2-33-24-11-13-25(14-12-24)34(31,32)28-22-9-4-7-20(18-22)26(30)29-15-5-10-23(29)17-19-6-3-8-21(27)16-19/h3-4,6-9,11-14,16,18,23,28H,2,5,10,15,17H2,1H3. The second-order valence-corrected chi connectivity index (χ2v) is 9.90. The molecule has 1 aliphatic rings. The highest BCUT2D eigenvalue weighted by molar-refractivity contribution is 7.92. The quantitative estimate of drug-likeness (QED) is 0.497. The lowest BCUT2D eigenvalue weighted by atomic mass is 10.0. The van der Waals surface area contributed by atoms with Crippen molar-refractivity contribution in [3.8, 4) is 5.75 Å². The first-order valence-electron chi connectivity index (χ1n) is 11.3. The van der Waals surface area contributed by atoms with E-state index in [9.17, 15) is 17.6 Å². The van der Waals surface area contributed by atoms with E-state index in [1.54, 1.807) is 47.4 Å². The Morgan fingerprint density at radius 1 is 1.09 bits per heavy atom. The minimum atomic E-state index is -3.83. The van der Waals surface area contributed by atoms with Gasteiger partial charge in [-0.15, -0.1) is 0 Å². The summed E-state index contributed by atoms with van der Waals surface area (Å²) in [4.78, 5) is 15.2. The Morgan fingerprint density at radius 2 is 1.85 bits per heavy atom. The van der Waals surface area contributed by atoms with Crippen LogP contribution < -0.4 is 9.46 Å². The van der Waals surface area contributed by atoms with E-state index in [0.29, 0.717) is 36.6 Å². The Kier molecular flexibility index (Phi) is 7.17. The Morgan fingerprint density at radius 3 is 2.59 bits per heavy atom. The van der Waals surface area contributed by atoms with Crippen molar-refractivity contribution in [2.45, 2.75) is 37.1 Å². The van der Waals surface area contributed by atoms with E-state index in [1.165, 1.54) is 24.3 Å². The summed E-state index contributed by atoms with van der Waals surface area (Å²) in [7, 11) is -3.83. The first-order chi connectivity index (χ1) is 16.4. The molecule has 1 aliphatic heterocycles. The van der Waals surface area contributed by atoms with Gasteiger partial charge in [-0.1, -0.05) is 18.2 Å². The first-order valence-corrected chi connectivity index (χ1v) is 12.7. The number of nitrogens with one attached hydrogen (secondary N) is 1. The van der Waals surface area contributed by atoms with E-state index in [0.717, 1.165) is 18.4 Å². The summed E-state index contributed by atoms with van der Waals surface area (Å²) in [5, 5.41) is 0. The highest BCUT2D eigenvalue weighted by Gasteiger charge is 2.29. The molecule has 1 amide bonds. The van der Waals surface area contributed by atoms with Crippen LogP contribution in [0.3, 0.4) is 0 Å². The van der Waals surface area contributed by atoms with Crippen LogP contribution in [0.25, 0.3) is 0 Å². The van der Waals surface area contributed by atoms with Gasteiger partial charge in [0.15, 0.2) is 0 Å². The number of hydrogen-bond donors (Lipinski definition) is 1. The molecule has 178 valence electrons. The van der Waals surface area contributed by atoms with Crippen LogP contribution in [0.5, 0.6) is 5.75 Å². The third-order valence-corrected chi connectivity index (χ3v) is 7.20. The molecule has 1 fully saturated rings. The number of carbonyl (C=O) groups excluding carboxylic acids is 1. The van der Waals surface area contributed by atoms with E-state index in [2.05, 4.69) is 4.72 Å². The molecule has 8 heteroatoms. The van der Waals surface area contributed by atoms with Crippen molar-refractivity contribution in [3.05, 3.63) is 89.7 Å². The van der Waals surface area contributed by atoms with Crippen molar-refractivity contribution >= 4 is 21.6 Å². The number of amides is 1. The molecule has 4 rings (SSSR count). The first kappa shape index (κ1) is 23.8. The zero-order chi connectivity index (χ0) is 24.1. The fourth-order valence-electron chi connectivity index (χ4n) is 4.23. The molecule has 34 heavy (non-hydrogen) atoms. The maximum atomic E-state index is 13.6. The van der Waals surface area contributed by atoms with E-state index in [-0.39, 0.29) is 22.7 Å². The van der Waals surface area contributed by atoms with Crippen molar-refractivity contribution in [3.63, 3.8) is 0 Å². The monoisotopic (exact) mass is 482 g/mol. The Labute approximate surface area is 199 Å². The van der Waals surface area contributed by atoms with Crippen LogP contribution in [-0.4, -0.2) is 38.4 Å². The predicted octanol–water partition coefficient (Wildman–Crippen LogP) is 4.87. The summed E-state index contributed by atoms with van der Waals surface area (Å²) in [6.07, 6.45) is 2.29. The highest BCUT2D eigenvalue weighted by atomic mass is 32.2. The topological polar surface area (TPSA) is 75.7 Å². The zero-order valence-electron chi connectivity index (χ0n) is 18.9. The second-order valence-electron chi connectivity index (χ2n) is 8.22. The summed E-state index contributed by atoms with van der Waals surface area (Å²) in [5.74, 6) is 0.134. The number of anilines is 1. The van der Waals surface area contributed by atoms with Gasteiger partial charge in [0.25, 0.3) is 15.9 Å². The van der Waals surface area contributed by atoms with Gasteiger partial charge in [-0.2, -0.15) is 0 Å². The van der Waals surface area contributed by atoms with Crippen molar-refractivity contribution in [1.82, 2.24) is 4.90 Å². The molecule has 0 radical (unpaired) electrons. The van der Waals surface area contributed by atoms with Gasteiger partial charge in [-0.25, -0.2) is 12.8 Å². The molecule has 0 bridgehead atoms. The fourth-order valence-corrected chi connectivity index (χ4v) is 5.28. The molecule has 3 aromatic carbocycles. The molecule has 1 saturated heterocycles. The molecule has 1 N–H and O–H groups in total. The molecular weight excluding hydrogens is 455 g/mol. The largest absolute Gasteiger partial charge is 0.494 e. The van der Waals surface area contributed by atoms with Crippen molar-refractivity contribution in [2.75, 3.05) is 17.9 Å². The lowest BCUT2D eigenvalue weighted by molar-refractivity contribution is 0.0736. The molecule has 0 saturated carbocycles. The van der Waals surface area contributed by atoms with E-state index < -0.39 is 10.0 Å². The van der Waals surface area contributed by atoms with Crippen LogP contribution >= 0.6 is 0 Å². The second kappa shape index (κ2) is 10.3. The minimum Gasteiger partial charge on any atom is -0.494 e. The average molecular weight is 483 g/mol. The van der Waals surface area contributed by atoms with Crippen LogP contribution in [0.2, 0.25) is 0 Å². The van der Waals surface area contributed by atoms with Crippen molar-refractivity contribution in [1.29, 1.82) is 0 Å². The molecule has 1 atom stereocenters. The number of carbonyl (C=O) groups is 1. The summed E-state index contributed by atoms with van der Waals surface area (Å²) in [6, 6.07) is 19.0. The van der Waals surface area contributed by atoms with Gasteiger partial charge in [0.05, 0.1) is 11.5 Å². The van der Waals surface area contributed by atoms with Gasteiger partial charge in [-0.05, 0) is 86.3 Å². The zero-order valence-corrected chi connectivity index (χ0v) is 19.7. The van der Waals surface area contributed by atoms with Gasteiger partial charge in [-0.3, -0.25) is 9.52 Å². The molecule has 0 aromatic heterocycles. The Hall–Kier alpha value is -3.39. The SMILES string of the molecule is CCOc1ccc(S(=O)(=O)Nc2cccc(C(=O)N3CCCC3Cc3cccc(F)c3)c2)cc1. The number of sulfonamides is 1. The Balaban J connectivity index is 1.48. The van der Waals surface area contributed by atoms with Gasteiger partial charge >= 0.3 is 0 Å². The summed E-state index contributed by atoms with van der Waals surface area (Å²) < 4.78 is 47.1. The minimum absolute atomic E-state index is 0.0292. The molecular formula is C26H27FN2O4S. The van der Waals surface area contributed by atoms with Gasteiger partial charge in [0.2, 0.25) is 0 Å². The molecule has 0 aliphatic carbocycles. The Bertz CT molecular complexity index is 1260. The summed E-state index contributed by atoms with van der Waals surface area (Å²) in [6.45, 7) is 2.96. The van der Waals surface area contributed by atoms with Gasteiger partial charge in [0, 0.05) is 23.8 Å². The lowest BCUT2D eigenvalue weighted by Gasteiger charge is -2.25. The normalized spacial score (nSPS) is 15.8. The maximum Gasteiger partial charge on any atom is 0.261 e. The number of rotatable bonds is 8. The van der Waals surface area contributed by atoms with Crippen LogP contribution in [-0.2, 0) is 16.4 Å². The van der Waals surface area contributed by atoms with E-state index in [1.807, 2.05) is 13.0 Å². The van der Waals surface area contributed by atoms with Crippen LogP contribution in [0.15, 0.2) is 77.7 Å². The molecule has 3 aromatic rings. The van der Waals surface area contributed by atoms with Gasteiger partial charge in [0.1, 0.15) is 11.6 Å². The molecule has 1 unspecified atom stereocenters. The van der Waals surface area contributed by atoms with E-state index in [4.69, 9.17) is 4.74 Å². The van der Waals surface area contributed by atoms with Crippen LogP contribution in [0.1, 0.15) is 35.7 Å². The smallest absolute Gasteiger partial charge is 0.261 e. The third-order valence-electron chi connectivity index (χ3n) is 5.81. The average Bonchev–Trinajstić information content (AvgIpc) is 3.27. The van der Waals surface area contributed by atoms with Gasteiger partial charge < -0.3 is 9.64 Å². The molecule has 0 spiro atoms. The predicted molar refractivity (Wildman–Crippen MR) is 129 cm³/mol. The molecule has 6 nitrogen and oxygen atoms in total. The summed E-state index contributed by atoms with van der Waals surface area (Å²) >= 11 is 0. The fraction of sp³-hybridized carbons (Fsp3) is 0.269. The number of ether oxygens (including phenoxy) is 1. The van der Waals surface area contributed by atoms with Crippen LogP contribution in [0.4, 0.5) is 10.1 Å². The van der Waals surface area contributed by atoms with Crippen LogP contribution in [0, 0.1) is 5.82 Å². The lowest BCUT2D eigenvalue weighted by Crippen LogP contribution is -2.36. The summed E-state index contributed by atoms with van der Waals surface area (Å²) in [5.41, 5.74) is 1.56. The highest BCUT2D eigenvalue weighted by Crippen LogP contribution is 2.25. The van der Waals surface area contributed by atoms with Crippen molar-refractivity contribution < 1.29 is 22.3 Å². The maximum absolute atomic E-state index is 13.6. The number of hydrogen-bond acceptors (Lipinski definition) is 4. The number of likely N-dealkylation sites (tertiary alicyclic amines) is 1.